The molecule has 2 heterocycles. The standard InChI is InChI=1S/C50H68P2S2/c1-29-21-23-37(53-29)39-40(38-24-22-30(2)54-38)44(52-42-35(49(15,16)17)27-32(46(6,7)8)28-36(42)50(18,19)20)43(39)51-41-33(47(9,10)11)25-31(45(3,4)5)26-34(41)48(12,13)14/h21-28H,1-20H3. The number of aryl methyl sites for hydroxylation is 2. The zero-order valence-corrected chi connectivity index (χ0v) is 40.8. The molecule has 0 spiro atoms. The molecule has 54 heavy (non-hydrogen) atoms. The molecule has 0 radical (unpaired) electrons. The highest BCUT2D eigenvalue weighted by atomic mass is 32.1. The maximum atomic E-state index is 2.55. The van der Waals surface area contributed by atoms with Crippen LogP contribution in [0.2, 0.25) is 0 Å². The van der Waals surface area contributed by atoms with E-state index >= 15 is 0 Å². The third kappa shape index (κ3) is 8.89. The smallest absolute Gasteiger partial charge is 0.0362 e. The summed E-state index contributed by atoms with van der Waals surface area (Å²) in [7, 11) is 2.62. The summed E-state index contributed by atoms with van der Waals surface area (Å²) in [6, 6.07) is 19.6. The first-order valence-corrected chi connectivity index (χ1v) is 23.3. The highest BCUT2D eigenvalue weighted by Crippen LogP contribution is 2.49. The summed E-state index contributed by atoms with van der Waals surface area (Å²) >= 11 is 3.90. The Morgan fingerprint density at radius 3 is 0.815 bits per heavy atom. The fourth-order valence-corrected chi connectivity index (χ4v) is 13.1. The van der Waals surface area contributed by atoms with E-state index in [1.807, 2.05) is 22.7 Å². The summed E-state index contributed by atoms with van der Waals surface area (Å²) in [5.74, 6) is 0. The normalized spacial score (nSPS) is 14.5. The van der Waals surface area contributed by atoms with Gasteiger partial charge < -0.3 is 0 Å². The average molecular weight is 795 g/mol. The molecule has 0 fully saturated rings. The Balaban J connectivity index is 2.11. The summed E-state index contributed by atoms with van der Waals surface area (Å²) in [5.41, 5.74) is 11.8. The van der Waals surface area contributed by atoms with Crippen molar-refractivity contribution in [3.8, 4) is 20.9 Å². The molecule has 0 aliphatic heterocycles. The van der Waals surface area contributed by atoms with E-state index in [-0.39, 0.29) is 32.5 Å². The van der Waals surface area contributed by atoms with Gasteiger partial charge in [-0.05, 0) is 104 Å². The highest BCUT2D eigenvalue weighted by molar-refractivity contribution is 7.42. The minimum absolute atomic E-state index is 0.00946. The van der Waals surface area contributed by atoms with Crippen molar-refractivity contribution < 1.29 is 0 Å². The van der Waals surface area contributed by atoms with Gasteiger partial charge in [0.25, 0.3) is 0 Å². The maximum absolute atomic E-state index is 2.55. The van der Waals surface area contributed by atoms with Crippen LogP contribution in [0.5, 0.6) is 0 Å². The average Bonchev–Trinajstić information content (AvgIpc) is 3.60. The second-order valence-electron chi connectivity index (χ2n) is 21.8. The third-order valence-electron chi connectivity index (χ3n) is 10.6. The molecule has 0 saturated carbocycles. The Kier molecular flexibility index (Phi) is 11.5. The van der Waals surface area contributed by atoms with Crippen molar-refractivity contribution in [1.82, 2.24) is 0 Å². The van der Waals surface area contributed by atoms with Crippen molar-refractivity contribution in [3.63, 3.8) is 0 Å². The van der Waals surface area contributed by atoms with Gasteiger partial charge in [-0.15, -0.1) is 22.7 Å². The lowest BCUT2D eigenvalue weighted by atomic mass is 9.75. The van der Waals surface area contributed by atoms with Gasteiger partial charge in [-0.3, -0.25) is 0 Å². The van der Waals surface area contributed by atoms with Gasteiger partial charge in [0.05, 0.1) is 0 Å². The fraction of sp³-hybridized carbons (Fsp3) is 0.520. The summed E-state index contributed by atoms with van der Waals surface area (Å²) in [6.07, 6.45) is 0. The molecule has 5 rings (SSSR count). The second-order valence-corrected chi connectivity index (χ2v) is 26.6. The van der Waals surface area contributed by atoms with Gasteiger partial charge in [-0.2, -0.15) is 0 Å². The molecular formula is C50H68P2S2. The Hall–Kier alpha value is -2.08. The summed E-state index contributed by atoms with van der Waals surface area (Å²) in [4.78, 5) is 8.52. The molecule has 0 aliphatic carbocycles. The molecule has 5 aromatic rings. The van der Waals surface area contributed by atoms with Gasteiger partial charge in [0.1, 0.15) is 0 Å². The molecule has 0 unspecified atom stereocenters. The first-order valence-electron chi connectivity index (χ1n) is 19.8. The molecule has 4 heteroatoms. The lowest BCUT2D eigenvalue weighted by Gasteiger charge is -2.33. The van der Waals surface area contributed by atoms with Crippen LogP contribution >= 0.6 is 39.1 Å². The van der Waals surface area contributed by atoms with E-state index in [0.717, 1.165) is 0 Å². The lowest BCUT2D eigenvalue weighted by molar-refractivity contribution is 0.553. The number of rotatable bonds is 4. The van der Waals surface area contributed by atoms with Crippen molar-refractivity contribution in [2.24, 2.45) is 0 Å². The molecule has 3 aromatic carbocycles. The Labute approximate surface area is 341 Å². The molecule has 0 atom stereocenters. The molecule has 0 saturated heterocycles. The van der Waals surface area contributed by atoms with Gasteiger partial charge >= 0.3 is 0 Å². The number of thiophene rings is 2. The van der Waals surface area contributed by atoms with Crippen LogP contribution in [-0.2, 0) is 32.5 Å². The number of benzene rings is 2. The van der Waals surface area contributed by atoms with Gasteiger partial charge in [-0.1, -0.05) is 165 Å². The molecular weight excluding hydrogens is 727 g/mol. The molecule has 0 amide bonds. The van der Waals surface area contributed by atoms with E-state index in [9.17, 15) is 0 Å². The van der Waals surface area contributed by atoms with E-state index in [1.165, 1.54) is 101 Å². The van der Waals surface area contributed by atoms with E-state index in [2.05, 4.69) is 187 Å². The molecule has 2 aromatic heterocycles. The topological polar surface area (TPSA) is 0 Å². The highest BCUT2D eigenvalue weighted by Gasteiger charge is 2.32. The SMILES string of the molecule is Cc1ccc(-c2c(-c3ccc(C)s3)c(=Pc3c(C(C)(C)C)cc(C(C)(C)C)cc3C(C)(C)C)c2=Pc2c(C(C)(C)C)cc(C(C)(C)C)cc2C(C)(C)C)s1. The Morgan fingerprint density at radius 1 is 0.370 bits per heavy atom. The van der Waals surface area contributed by atoms with Crippen molar-refractivity contribution in [2.45, 2.75) is 171 Å². The Morgan fingerprint density at radius 2 is 0.630 bits per heavy atom. The predicted octanol–water partition coefficient (Wildman–Crippen LogP) is 16.0. The molecule has 0 N–H and O–H groups in total. The quantitative estimate of drug-likeness (QED) is 0.159. The zero-order chi connectivity index (χ0) is 40.7. The van der Waals surface area contributed by atoms with Crippen LogP contribution < -0.4 is 10.6 Å². The predicted molar refractivity (Wildman–Crippen MR) is 250 cm³/mol. The van der Waals surface area contributed by atoms with E-state index in [4.69, 9.17) is 0 Å². The van der Waals surface area contributed by atoms with Gasteiger partial charge in [0.2, 0.25) is 0 Å². The van der Waals surface area contributed by atoms with E-state index < -0.39 is 0 Å². The van der Waals surface area contributed by atoms with Crippen LogP contribution in [0, 0.1) is 23.7 Å². The summed E-state index contributed by atoms with van der Waals surface area (Å²) < 4.78 is 0. The third-order valence-corrected chi connectivity index (χ3v) is 15.5. The zero-order valence-electron chi connectivity index (χ0n) is 37.3. The molecule has 0 nitrogen and oxygen atoms in total. The monoisotopic (exact) mass is 794 g/mol. The molecule has 0 aliphatic rings. The van der Waals surface area contributed by atoms with Crippen LogP contribution in [0.1, 0.15) is 168 Å². The van der Waals surface area contributed by atoms with Crippen molar-refractivity contribution in [3.05, 3.63) is 102 Å². The minimum atomic E-state index is -0.00946. The minimum Gasteiger partial charge on any atom is -0.141 e. The largest absolute Gasteiger partial charge is 0.141 e. The fourth-order valence-electron chi connectivity index (χ4n) is 7.13. The van der Waals surface area contributed by atoms with Gasteiger partial charge in [-0.25, -0.2) is 0 Å². The van der Waals surface area contributed by atoms with E-state index in [1.54, 1.807) is 0 Å². The van der Waals surface area contributed by atoms with Crippen LogP contribution in [0.15, 0.2) is 48.5 Å². The second kappa shape index (κ2) is 14.4. The van der Waals surface area contributed by atoms with Crippen molar-refractivity contribution in [2.75, 3.05) is 0 Å². The van der Waals surface area contributed by atoms with Crippen LogP contribution in [0.4, 0.5) is 0 Å². The first kappa shape index (κ1) is 43.1. The first-order chi connectivity index (χ1) is 24.4. The lowest BCUT2D eigenvalue weighted by Crippen LogP contribution is -2.30. The Bertz CT molecular complexity index is 2050. The van der Waals surface area contributed by atoms with Crippen molar-refractivity contribution in [1.29, 1.82) is 0 Å². The number of hydrogen-bond acceptors (Lipinski definition) is 2. The summed E-state index contributed by atoms with van der Waals surface area (Å²) in [5, 5.41) is 2.99. The van der Waals surface area contributed by atoms with Crippen molar-refractivity contribution >= 4 is 49.7 Å². The molecule has 0 bridgehead atoms. The number of hydrogen-bond donors (Lipinski definition) is 0. The molecule has 290 valence electrons. The maximum Gasteiger partial charge on any atom is 0.0362 e. The van der Waals surface area contributed by atoms with E-state index in [0.29, 0.717) is 0 Å². The van der Waals surface area contributed by atoms with Gasteiger partial charge in [0.15, 0.2) is 0 Å². The summed E-state index contributed by atoms with van der Waals surface area (Å²) in [6.45, 7) is 47.6. The van der Waals surface area contributed by atoms with Crippen LogP contribution in [0.25, 0.3) is 20.9 Å². The van der Waals surface area contributed by atoms with Crippen LogP contribution in [0.3, 0.4) is 0 Å². The van der Waals surface area contributed by atoms with Gasteiger partial charge in [0, 0.05) is 51.1 Å². The van der Waals surface area contributed by atoms with Crippen LogP contribution in [-0.4, -0.2) is 0 Å².